The smallest absolute Gasteiger partial charge is 0.134 e. The molecule has 20 heavy (non-hydrogen) atoms. The fourth-order valence-corrected chi connectivity index (χ4v) is 3.49. The van der Waals surface area contributed by atoms with Crippen LogP contribution < -0.4 is 21.3 Å². The van der Waals surface area contributed by atoms with E-state index in [1.165, 1.54) is 11.1 Å². The SMILES string of the molecule is c1ccc(C23NCNC2(c2ccccc2)NCN3)cc1. The number of hydrogen-bond acceptors (Lipinski definition) is 4. The van der Waals surface area contributed by atoms with Crippen molar-refractivity contribution in [1.29, 1.82) is 0 Å². The largest absolute Gasteiger partial charge is 0.280 e. The van der Waals surface area contributed by atoms with E-state index >= 15 is 0 Å². The summed E-state index contributed by atoms with van der Waals surface area (Å²) in [4.78, 5) is 0. The molecule has 0 atom stereocenters. The lowest BCUT2D eigenvalue weighted by molar-refractivity contribution is 0.208. The molecule has 2 aliphatic rings. The fraction of sp³-hybridized carbons (Fsp3) is 0.250. The minimum absolute atomic E-state index is 0.324. The van der Waals surface area contributed by atoms with E-state index < -0.39 is 0 Å². The average molecular weight is 266 g/mol. The minimum Gasteiger partial charge on any atom is -0.280 e. The normalized spacial score (nSPS) is 32.2. The maximum absolute atomic E-state index is 3.60. The lowest BCUT2D eigenvalue weighted by atomic mass is 9.83. The number of benzene rings is 2. The number of fused-ring (bicyclic) bond motifs is 1. The third-order valence-corrected chi connectivity index (χ3v) is 4.39. The van der Waals surface area contributed by atoms with Crippen LogP contribution in [0.1, 0.15) is 11.1 Å². The second-order valence-corrected chi connectivity index (χ2v) is 5.29. The number of hydrogen-bond donors (Lipinski definition) is 4. The van der Waals surface area contributed by atoms with Crippen LogP contribution in [0.2, 0.25) is 0 Å². The highest BCUT2D eigenvalue weighted by molar-refractivity contribution is 5.39. The fourth-order valence-electron chi connectivity index (χ4n) is 3.49. The van der Waals surface area contributed by atoms with Crippen molar-refractivity contribution in [3.8, 4) is 0 Å². The summed E-state index contributed by atoms with van der Waals surface area (Å²) in [6.45, 7) is 1.51. The van der Waals surface area contributed by atoms with Crippen molar-refractivity contribution in [1.82, 2.24) is 21.3 Å². The molecular weight excluding hydrogens is 248 g/mol. The summed E-state index contributed by atoms with van der Waals surface area (Å²) >= 11 is 0. The lowest BCUT2D eigenvalue weighted by Crippen LogP contribution is -2.60. The van der Waals surface area contributed by atoms with Gasteiger partial charge in [-0.15, -0.1) is 0 Å². The number of rotatable bonds is 2. The van der Waals surface area contributed by atoms with Crippen LogP contribution in [0, 0.1) is 0 Å². The van der Waals surface area contributed by atoms with E-state index in [1.807, 2.05) is 0 Å². The third kappa shape index (κ3) is 1.45. The van der Waals surface area contributed by atoms with Crippen LogP contribution in [0.4, 0.5) is 0 Å². The molecule has 2 fully saturated rings. The van der Waals surface area contributed by atoms with Crippen LogP contribution in [-0.2, 0) is 11.3 Å². The molecule has 2 aromatic carbocycles. The summed E-state index contributed by atoms with van der Waals surface area (Å²) < 4.78 is 0. The van der Waals surface area contributed by atoms with Crippen molar-refractivity contribution in [3.05, 3.63) is 71.8 Å². The van der Waals surface area contributed by atoms with Gasteiger partial charge in [0.05, 0.1) is 0 Å². The standard InChI is InChI=1S/C16H18N4/c1-3-7-13(8-4-1)15-16(19-11-17-15,20-12-18-15)14-9-5-2-6-10-14/h1-10,17-20H,11-12H2. The Morgan fingerprint density at radius 3 is 1.25 bits per heavy atom. The van der Waals surface area contributed by atoms with Gasteiger partial charge in [-0.05, 0) is 11.1 Å². The first-order valence-electron chi connectivity index (χ1n) is 6.99. The van der Waals surface area contributed by atoms with Crippen LogP contribution in [0.5, 0.6) is 0 Å². The minimum atomic E-state index is -0.324. The summed E-state index contributed by atoms with van der Waals surface area (Å²) in [5.74, 6) is 0. The molecule has 0 aromatic heterocycles. The molecule has 0 spiro atoms. The van der Waals surface area contributed by atoms with Gasteiger partial charge in [0.15, 0.2) is 0 Å². The van der Waals surface area contributed by atoms with Crippen molar-refractivity contribution < 1.29 is 0 Å². The molecule has 2 heterocycles. The Balaban J connectivity index is 1.90. The lowest BCUT2D eigenvalue weighted by Gasteiger charge is -2.40. The molecule has 2 saturated heterocycles. The highest BCUT2D eigenvalue weighted by Crippen LogP contribution is 2.41. The van der Waals surface area contributed by atoms with Crippen LogP contribution in [0.25, 0.3) is 0 Å². The molecule has 0 amide bonds. The van der Waals surface area contributed by atoms with Crippen LogP contribution in [-0.4, -0.2) is 13.3 Å². The molecular formula is C16H18N4. The zero-order valence-corrected chi connectivity index (χ0v) is 11.2. The van der Waals surface area contributed by atoms with Gasteiger partial charge in [0.2, 0.25) is 0 Å². The zero-order valence-electron chi connectivity index (χ0n) is 11.2. The van der Waals surface area contributed by atoms with Gasteiger partial charge in [0.25, 0.3) is 0 Å². The Morgan fingerprint density at radius 1 is 0.550 bits per heavy atom. The Bertz CT molecular complexity index is 533. The first-order chi connectivity index (χ1) is 9.87. The zero-order chi connectivity index (χ0) is 13.5. The summed E-state index contributed by atoms with van der Waals surface area (Å²) in [7, 11) is 0. The molecule has 0 bridgehead atoms. The monoisotopic (exact) mass is 266 g/mol. The predicted molar refractivity (Wildman–Crippen MR) is 78.5 cm³/mol. The van der Waals surface area contributed by atoms with Gasteiger partial charge in [0, 0.05) is 13.3 Å². The summed E-state index contributed by atoms with van der Waals surface area (Å²) in [5, 5.41) is 14.4. The molecule has 4 nitrogen and oxygen atoms in total. The molecule has 0 saturated carbocycles. The van der Waals surface area contributed by atoms with Gasteiger partial charge < -0.3 is 0 Å². The van der Waals surface area contributed by atoms with Crippen LogP contribution in [0.15, 0.2) is 60.7 Å². The van der Waals surface area contributed by atoms with Crippen molar-refractivity contribution >= 4 is 0 Å². The first-order valence-corrected chi connectivity index (χ1v) is 6.99. The van der Waals surface area contributed by atoms with Crippen molar-refractivity contribution in [3.63, 3.8) is 0 Å². The predicted octanol–water partition coefficient (Wildman–Crippen LogP) is 0.993. The van der Waals surface area contributed by atoms with Crippen LogP contribution >= 0.6 is 0 Å². The van der Waals surface area contributed by atoms with E-state index in [0.717, 1.165) is 13.3 Å². The highest BCUT2D eigenvalue weighted by atomic mass is 15.5. The summed E-state index contributed by atoms with van der Waals surface area (Å²) in [6, 6.07) is 21.1. The Kier molecular flexibility index (Phi) is 2.65. The van der Waals surface area contributed by atoms with E-state index in [2.05, 4.69) is 81.9 Å². The van der Waals surface area contributed by atoms with Crippen molar-refractivity contribution in [2.45, 2.75) is 11.3 Å². The van der Waals surface area contributed by atoms with E-state index in [4.69, 9.17) is 0 Å². The Labute approximate surface area is 118 Å². The summed E-state index contributed by atoms with van der Waals surface area (Å²) in [6.07, 6.45) is 0. The van der Waals surface area contributed by atoms with Crippen LogP contribution in [0.3, 0.4) is 0 Å². The first kappa shape index (κ1) is 12.1. The topological polar surface area (TPSA) is 48.1 Å². The molecule has 4 rings (SSSR count). The van der Waals surface area contributed by atoms with Gasteiger partial charge in [0.1, 0.15) is 11.3 Å². The molecule has 102 valence electrons. The average Bonchev–Trinajstić information content (AvgIpc) is 3.06. The maximum Gasteiger partial charge on any atom is 0.134 e. The molecule has 2 aromatic rings. The third-order valence-electron chi connectivity index (χ3n) is 4.39. The van der Waals surface area contributed by atoms with Gasteiger partial charge in [-0.1, -0.05) is 60.7 Å². The number of nitrogens with one attached hydrogen (secondary N) is 4. The quantitative estimate of drug-likeness (QED) is 0.655. The van der Waals surface area contributed by atoms with Crippen molar-refractivity contribution in [2.75, 3.05) is 13.3 Å². The molecule has 0 unspecified atom stereocenters. The second-order valence-electron chi connectivity index (χ2n) is 5.29. The van der Waals surface area contributed by atoms with E-state index in [0.29, 0.717) is 0 Å². The van der Waals surface area contributed by atoms with E-state index in [9.17, 15) is 0 Å². The van der Waals surface area contributed by atoms with Crippen molar-refractivity contribution in [2.24, 2.45) is 0 Å². The van der Waals surface area contributed by atoms with Gasteiger partial charge in [-0.25, -0.2) is 0 Å². The van der Waals surface area contributed by atoms with E-state index in [-0.39, 0.29) is 11.3 Å². The second kappa shape index (κ2) is 4.40. The Morgan fingerprint density at radius 2 is 0.900 bits per heavy atom. The summed E-state index contributed by atoms with van der Waals surface area (Å²) in [5.41, 5.74) is 1.82. The molecule has 4 N–H and O–H groups in total. The molecule has 2 aliphatic heterocycles. The maximum atomic E-state index is 3.60. The molecule has 4 heteroatoms. The molecule has 0 radical (unpaired) electrons. The van der Waals surface area contributed by atoms with Gasteiger partial charge >= 0.3 is 0 Å². The Hall–Kier alpha value is -1.72. The van der Waals surface area contributed by atoms with Gasteiger partial charge in [-0.2, -0.15) is 0 Å². The van der Waals surface area contributed by atoms with E-state index in [1.54, 1.807) is 0 Å². The van der Waals surface area contributed by atoms with Gasteiger partial charge in [-0.3, -0.25) is 21.3 Å². The highest BCUT2D eigenvalue weighted by Gasteiger charge is 2.60. The molecule has 0 aliphatic carbocycles.